The van der Waals surface area contributed by atoms with E-state index < -0.39 is 0 Å². The lowest BCUT2D eigenvalue weighted by Gasteiger charge is -2.02. The van der Waals surface area contributed by atoms with Gasteiger partial charge in [0, 0.05) is 11.3 Å². The van der Waals surface area contributed by atoms with Crippen molar-refractivity contribution in [3.05, 3.63) is 70.8 Å². The van der Waals surface area contributed by atoms with E-state index in [0.717, 1.165) is 28.3 Å². The third-order valence-corrected chi connectivity index (χ3v) is 5.04. The van der Waals surface area contributed by atoms with E-state index in [4.69, 9.17) is 8.83 Å². The number of nitrogens with one attached hydrogen (secondary N) is 1. The molecular formula is C21H20N4O2S. The van der Waals surface area contributed by atoms with Crippen molar-refractivity contribution < 1.29 is 8.83 Å². The molecule has 4 aromatic rings. The van der Waals surface area contributed by atoms with Crippen LogP contribution >= 0.6 is 11.8 Å². The van der Waals surface area contributed by atoms with E-state index in [1.54, 1.807) is 6.26 Å². The Hall–Kier alpha value is -3.06. The molecule has 28 heavy (non-hydrogen) atoms. The maximum Gasteiger partial charge on any atom is 0.226 e. The largest absolute Gasteiger partial charge is 0.462 e. The van der Waals surface area contributed by atoms with Crippen molar-refractivity contribution in [1.29, 1.82) is 0 Å². The van der Waals surface area contributed by atoms with Crippen LogP contribution < -0.4 is 0 Å². The van der Waals surface area contributed by atoms with E-state index in [1.807, 2.05) is 37.3 Å². The summed E-state index contributed by atoms with van der Waals surface area (Å²) in [6, 6.07) is 10.1. The smallest absolute Gasteiger partial charge is 0.226 e. The van der Waals surface area contributed by atoms with Crippen molar-refractivity contribution in [2.24, 2.45) is 0 Å². The van der Waals surface area contributed by atoms with Gasteiger partial charge in [-0.1, -0.05) is 29.5 Å². The first-order valence-electron chi connectivity index (χ1n) is 8.88. The molecule has 0 fully saturated rings. The molecule has 3 aromatic heterocycles. The molecule has 6 nitrogen and oxygen atoms in total. The van der Waals surface area contributed by atoms with Crippen LogP contribution in [0.2, 0.25) is 0 Å². The van der Waals surface area contributed by atoms with Crippen LogP contribution in [0.1, 0.15) is 34.2 Å². The highest BCUT2D eigenvalue weighted by Crippen LogP contribution is 2.26. The van der Waals surface area contributed by atoms with Crippen molar-refractivity contribution in [1.82, 2.24) is 20.2 Å². The van der Waals surface area contributed by atoms with E-state index >= 15 is 0 Å². The van der Waals surface area contributed by atoms with Gasteiger partial charge >= 0.3 is 0 Å². The summed E-state index contributed by atoms with van der Waals surface area (Å²) in [4.78, 5) is 9.04. The SMILES string of the molecule is Cc1ccc(-c2nc(CSc3n[nH]c(/C=C/c4ccc(C)o4)n3)co2)c(C)c1. The fraction of sp³-hybridized carbons (Fsp3) is 0.190. The zero-order valence-electron chi connectivity index (χ0n) is 15.9. The number of aromatic nitrogens is 4. The van der Waals surface area contributed by atoms with Gasteiger partial charge in [0.1, 0.15) is 23.6 Å². The Kier molecular flexibility index (Phi) is 5.16. The number of aryl methyl sites for hydroxylation is 3. The zero-order valence-corrected chi connectivity index (χ0v) is 16.7. The average molecular weight is 392 g/mol. The summed E-state index contributed by atoms with van der Waals surface area (Å²) in [6.07, 6.45) is 5.38. The average Bonchev–Trinajstić information content (AvgIpc) is 3.39. The maximum absolute atomic E-state index is 5.66. The molecule has 0 aliphatic carbocycles. The maximum atomic E-state index is 5.66. The third-order valence-electron chi connectivity index (χ3n) is 4.16. The predicted octanol–water partition coefficient (Wildman–Crippen LogP) is 5.44. The summed E-state index contributed by atoms with van der Waals surface area (Å²) in [5.41, 5.74) is 4.24. The summed E-state index contributed by atoms with van der Waals surface area (Å²) in [5.74, 6) is 3.60. The van der Waals surface area contributed by atoms with Crippen molar-refractivity contribution in [3.8, 4) is 11.5 Å². The Morgan fingerprint density at radius 1 is 1.07 bits per heavy atom. The summed E-state index contributed by atoms with van der Waals surface area (Å²) < 4.78 is 11.2. The number of H-pyrrole nitrogens is 1. The van der Waals surface area contributed by atoms with Crippen molar-refractivity contribution in [2.75, 3.05) is 0 Å². The van der Waals surface area contributed by atoms with Crippen LogP contribution in [0.3, 0.4) is 0 Å². The first kappa shape index (κ1) is 18.3. The van der Waals surface area contributed by atoms with E-state index in [-0.39, 0.29) is 0 Å². The van der Waals surface area contributed by atoms with Gasteiger partial charge in [0.15, 0.2) is 0 Å². The number of nitrogens with zero attached hydrogens (tertiary/aromatic N) is 3. The molecule has 0 atom stereocenters. The number of furan rings is 1. The fourth-order valence-electron chi connectivity index (χ4n) is 2.79. The highest BCUT2D eigenvalue weighted by atomic mass is 32.2. The number of benzene rings is 1. The number of hydrogen-bond acceptors (Lipinski definition) is 6. The molecule has 0 saturated heterocycles. The lowest BCUT2D eigenvalue weighted by Crippen LogP contribution is -1.86. The van der Waals surface area contributed by atoms with Gasteiger partial charge in [-0.25, -0.2) is 9.97 Å². The molecule has 0 aliphatic heterocycles. The monoisotopic (exact) mass is 392 g/mol. The second-order valence-corrected chi connectivity index (χ2v) is 7.48. The van der Waals surface area contributed by atoms with Crippen molar-refractivity contribution in [2.45, 2.75) is 31.7 Å². The van der Waals surface area contributed by atoms with E-state index in [0.29, 0.717) is 22.6 Å². The number of thioether (sulfide) groups is 1. The summed E-state index contributed by atoms with van der Waals surface area (Å²) in [5, 5.41) is 7.79. The topological polar surface area (TPSA) is 80.7 Å². The normalized spacial score (nSPS) is 11.5. The summed E-state index contributed by atoms with van der Waals surface area (Å²) in [7, 11) is 0. The molecule has 1 N–H and O–H groups in total. The highest BCUT2D eigenvalue weighted by molar-refractivity contribution is 7.98. The Morgan fingerprint density at radius 3 is 2.75 bits per heavy atom. The minimum atomic E-state index is 0.632. The van der Waals surface area contributed by atoms with Gasteiger partial charge in [0.25, 0.3) is 0 Å². The Bertz CT molecular complexity index is 1120. The Morgan fingerprint density at radius 2 is 1.96 bits per heavy atom. The van der Waals surface area contributed by atoms with Crippen LogP contribution in [-0.4, -0.2) is 20.2 Å². The number of aromatic amines is 1. The first-order chi connectivity index (χ1) is 13.6. The molecule has 7 heteroatoms. The minimum absolute atomic E-state index is 0.632. The molecule has 4 rings (SSSR count). The lowest BCUT2D eigenvalue weighted by atomic mass is 10.1. The number of hydrogen-bond donors (Lipinski definition) is 1. The molecule has 0 unspecified atom stereocenters. The van der Waals surface area contributed by atoms with Crippen LogP contribution in [0.15, 0.2) is 50.6 Å². The van der Waals surface area contributed by atoms with Crippen LogP contribution in [0.4, 0.5) is 0 Å². The van der Waals surface area contributed by atoms with Gasteiger partial charge in [-0.2, -0.15) is 0 Å². The standard InChI is InChI=1S/C21H20N4O2S/c1-13-4-8-18(14(2)10-13)20-22-16(11-26-20)12-28-21-23-19(24-25-21)9-7-17-6-5-15(3)27-17/h4-11H,12H2,1-3H3,(H,23,24,25)/b9-7+. The molecule has 0 aliphatic rings. The first-order valence-corrected chi connectivity index (χ1v) is 9.87. The summed E-state index contributed by atoms with van der Waals surface area (Å²) >= 11 is 1.50. The van der Waals surface area contributed by atoms with Crippen LogP contribution in [0.25, 0.3) is 23.6 Å². The van der Waals surface area contributed by atoms with Crippen LogP contribution in [0.5, 0.6) is 0 Å². The van der Waals surface area contributed by atoms with Crippen molar-refractivity contribution in [3.63, 3.8) is 0 Å². The second kappa shape index (κ2) is 7.90. The number of rotatable bonds is 6. The van der Waals surface area contributed by atoms with Gasteiger partial charge in [-0.3, -0.25) is 5.10 Å². The zero-order chi connectivity index (χ0) is 19.5. The number of oxazole rings is 1. The Balaban J connectivity index is 1.38. The van der Waals surface area contributed by atoms with E-state index in [2.05, 4.69) is 46.1 Å². The Labute approximate surface area is 167 Å². The van der Waals surface area contributed by atoms with E-state index in [1.165, 1.54) is 17.3 Å². The molecule has 142 valence electrons. The molecule has 0 saturated carbocycles. The minimum Gasteiger partial charge on any atom is -0.462 e. The van der Waals surface area contributed by atoms with E-state index in [9.17, 15) is 0 Å². The van der Waals surface area contributed by atoms with Gasteiger partial charge in [0.2, 0.25) is 11.0 Å². The fourth-order valence-corrected chi connectivity index (χ4v) is 3.47. The van der Waals surface area contributed by atoms with Gasteiger partial charge in [-0.05, 0) is 56.7 Å². The lowest BCUT2D eigenvalue weighted by molar-refractivity contribution is 0.525. The molecule has 0 spiro atoms. The molecule has 1 aromatic carbocycles. The molecule has 3 heterocycles. The molecule has 0 radical (unpaired) electrons. The second-order valence-electron chi connectivity index (χ2n) is 6.54. The van der Waals surface area contributed by atoms with Gasteiger partial charge in [0.05, 0.1) is 5.69 Å². The molecule has 0 amide bonds. The molecule has 0 bridgehead atoms. The van der Waals surface area contributed by atoms with Crippen LogP contribution in [-0.2, 0) is 5.75 Å². The van der Waals surface area contributed by atoms with Gasteiger partial charge in [-0.15, -0.1) is 5.10 Å². The van der Waals surface area contributed by atoms with Crippen molar-refractivity contribution >= 4 is 23.9 Å². The predicted molar refractivity (Wildman–Crippen MR) is 110 cm³/mol. The molecular weight excluding hydrogens is 372 g/mol. The third kappa shape index (κ3) is 4.26. The quantitative estimate of drug-likeness (QED) is 0.440. The van der Waals surface area contributed by atoms with Gasteiger partial charge < -0.3 is 8.83 Å². The highest BCUT2D eigenvalue weighted by Gasteiger charge is 2.11. The van der Waals surface area contributed by atoms with Crippen LogP contribution in [0, 0.1) is 20.8 Å². The summed E-state index contributed by atoms with van der Waals surface area (Å²) in [6.45, 7) is 6.05.